The number of fused-ring (bicyclic) bond motifs is 3. The van der Waals surface area contributed by atoms with Gasteiger partial charge in [-0.2, -0.15) is 0 Å². The molecule has 124 valence electrons. The minimum Gasteiger partial charge on any atom is -0.398 e. The second-order valence-electron chi connectivity index (χ2n) is 7.93. The van der Waals surface area contributed by atoms with Crippen LogP contribution < -0.4 is 5.59 Å². The van der Waals surface area contributed by atoms with Crippen LogP contribution in [-0.4, -0.2) is 23.3 Å². The third-order valence-corrected chi connectivity index (χ3v) is 5.86. The van der Waals surface area contributed by atoms with Gasteiger partial charge in [0, 0.05) is 11.1 Å². The first kappa shape index (κ1) is 15.1. The number of nitrogens with zero attached hydrogens (tertiary/aromatic N) is 1. The van der Waals surface area contributed by atoms with Crippen LogP contribution in [0.4, 0.5) is 0 Å². The number of hydrogen-bond donors (Lipinski definition) is 0. The van der Waals surface area contributed by atoms with E-state index in [-0.39, 0.29) is 11.2 Å². The molecular weight excluding hydrogens is 309 g/mol. The molecule has 3 nitrogen and oxygen atoms in total. The third kappa shape index (κ3) is 1.98. The molecule has 1 aliphatic heterocycles. The molecule has 0 N–H and O–H groups in total. The first-order valence-electron chi connectivity index (χ1n) is 8.76. The molecular formula is C21H20BNO2. The summed E-state index contributed by atoms with van der Waals surface area (Å²) in [5, 5.41) is 2.55. The quantitative estimate of drug-likeness (QED) is 0.491. The molecule has 0 radical (unpaired) electrons. The molecule has 1 aliphatic carbocycles. The van der Waals surface area contributed by atoms with E-state index in [1.807, 2.05) is 6.07 Å². The lowest BCUT2D eigenvalue weighted by molar-refractivity contribution is 0.00578. The lowest BCUT2D eigenvalue weighted by Crippen LogP contribution is -2.41. The Kier molecular flexibility index (Phi) is 2.85. The zero-order valence-corrected chi connectivity index (χ0v) is 15.0. The van der Waals surface area contributed by atoms with Crippen molar-refractivity contribution in [1.29, 1.82) is 0 Å². The van der Waals surface area contributed by atoms with Crippen LogP contribution in [0.5, 0.6) is 0 Å². The van der Waals surface area contributed by atoms with Gasteiger partial charge in [0.25, 0.3) is 0 Å². The summed E-state index contributed by atoms with van der Waals surface area (Å²) in [4.78, 5) is 4.96. The lowest BCUT2D eigenvalue weighted by Gasteiger charge is -2.32. The molecule has 2 aliphatic rings. The molecule has 0 saturated carbocycles. The summed E-state index contributed by atoms with van der Waals surface area (Å²) >= 11 is 0. The van der Waals surface area contributed by atoms with Gasteiger partial charge in [0.05, 0.1) is 22.5 Å². The number of benzene rings is 2. The fourth-order valence-electron chi connectivity index (χ4n) is 3.75. The molecule has 2 aromatic carbocycles. The molecule has 3 aromatic rings. The van der Waals surface area contributed by atoms with Crippen molar-refractivity contribution in [3.05, 3.63) is 48.5 Å². The Bertz CT molecular complexity index is 1000. The molecule has 1 fully saturated rings. The second kappa shape index (κ2) is 4.72. The van der Waals surface area contributed by atoms with Crippen molar-refractivity contribution in [3.8, 4) is 22.4 Å². The van der Waals surface area contributed by atoms with Gasteiger partial charge >= 0.3 is 7.12 Å². The van der Waals surface area contributed by atoms with E-state index >= 15 is 0 Å². The van der Waals surface area contributed by atoms with Crippen LogP contribution in [0.2, 0.25) is 0 Å². The topological polar surface area (TPSA) is 31.4 Å². The SMILES string of the molecule is CC1(C)OB(c2ccc3c(n2)-c2cccc4cccc-3c24)OC1(C)C. The predicted octanol–water partition coefficient (Wildman–Crippen LogP) is 4.18. The Labute approximate surface area is 148 Å². The van der Waals surface area contributed by atoms with E-state index in [9.17, 15) is 0 Å². The monoisotopic (exact) mass is 329 g/mol. The van der Waals surface area contributed by atoms with E-state index in [2.05, 4.69) is 70.2 Å². The molecule has 1 aromatic heterocycles. The van der Waals surface area contributed by atoms with Crippen molar-refractivity contribution in [1.82, 2.24) is 4.98 Å². The Morgan fingerprint density at radius 3 is 2.08 bits per heavy atom. The van der Waals surface area contributed by atoms with Gasteiger partial charge in [0.15, 0.2) is 0 Å². The summed E-state index contributed by atoms with van der Waals surface area (Å²) in [7, 11) is -0.432. The van der Waals surface area contributed by atoms with Crippen molar-refractivity contribution >= 4 is 23.5 Å². The van der Waals surface area contributed by atoms with Crippen LogP contribution in [0.1, 0.15) is 27.7 Å². The summed E-state index contributed by atoms with van der Waals surface area (Å²) in [6.45, 7) is 8.27. The summed E-state index contributed by atoms with van der Waals surface area (Å²) in [6.07, 6.45) is 0. The maximum atomic E-state index is 6.18. The van der Waals surface area contributed by atoms with E-state index in [0.717, 1.165) is 11.3 Å². The molecule has 0 bridgehead atoms. The van der Waals surface area contributed by atoms with Crippen LogP contribution >= 0.6 is 0 Å². The van der Waals surface area contributed by atoms with Gasteiger partial charge in [-0.25, -0.2) is 0 Å². The van der Waals surface area contributed by atoms with Crippen molar-refractivity contribution in [2.24, 2.45) is 0 Å². The zero-order valence-electron chi connectivity index (χ0n) is 15.0. The fraction of sp³-hybridized carbons (Fsp3) is 0.286. The Morgan fingerprint density at radius 1 is 0.760 bits per heavy atom. The van der Waals surface area contributed by atoms with E-state index in [0.29, 0.717) is 0 Å². The van der Waals surface area contributed by atoms with Crippen LogP contribution in [-0.2, 0) is 9.31 Å². The molecule has 2 heterocycles. The van der Waals surface area contributed by atoms with Crippen molar-refractivity contribution < 1.29 is 9.31 Å². The molecule has 0 spiro atoms. The normalized spacial score (nSPS) is 19.4. The maximum Gasteiger partial charge on any atom is 0.514 e. The Morgan fingerprint density at radius 2 is 1.40 bits per heavy atom. The van der Waals surface area contributed by atoms with Crippen LogP contribution in [0.15, 0.2) is 48.5 Å². The zero-order chi connectivity index (χ0) is 17.4. The lowest BCUT2D eigenvalue weighted by atomic mass is 9.83. The smallest absolute Gasteiger partial charge is 0.398 e. The van der Waals surface area contributed by atoms with E-state index in [1.54, 1.807) is 0 Å². The van der Waals surface area contributed by atoms with Crippen molar-refractivity contribution in [3.63, 3.8) is 0 Å². The third-order valence-electron chi connectivity index (χ3n) is 5.86. The Balaban J connectivity index is 1.65. The number of pyridine rings is 1. The van der Waals surface area contributed by atoms with Gasteiger partial charge in [-0.15, -0.1) is 0 Å². The maximum absolute atomic E-state index is 6.18. The molecule has 0 unspecified atom stereocenters. The summed E-state index contributed by atoms with van der Waals surface area (Å²) in [5.74, 6) is 0. The molecule has 4 heteroatoms. The number of rotatable bonds is 1. The largest absolute Gasteiger partial charge is 0.514 e. The highest BCUT2D eigenvalue weighted by Crippen LogP contribution is 2.45. The van der Waals surface area contributed by atoms with Crippen LogP contribution in [0.25, 0.3) is 33.2 Å². The highest BCUT2D eigenvalue weighted by molar-refractivity contribution is 6.61. The van der Waals surface area contributed by atoms with Crippen molar-refractivity contribution in [2.75, 3.05) is 0 Å². The molecule has 5 rings (SSSR count). The summed E-state index contributed by atoms with van der Waals surface area (Å²) < 4.78 is 12.4. The number of hydrogen-bond acceptors (Lipinski definition) is 3. The molecule has 0 amide bonds. The van der Waals surface area contributed by atoms with Gasteiger partial charge < -0.3 is 9.31 Å². The van der Waals surface area contributed by atoms with Gasteiger partial charge in [-0.05, 0) is 50.1 Å². The first-order valence-corrected chi connectivity index (χ1v) is 8.76. The fourth-order valence-corrected chi connectivity index (χ4v) is 3.75. The van der Waals surface area contributed by atoms with Gasteiger partial charge in [-0.3, -0.25) is 4.98 Å². The molecule has 1 saturated heterocycles. The standard InChI is InChI=1S/C21H20BNO2/c1-20(2)21(3,4)25-22(24-20)17-12-11-15-14-9-5-7-13-8-6-10-16(18(13)14)19(15)23-17/h5-12H,1-4H3. The summed E-state index contributed by atoms with van der Waals surface area (Å²) in [6, 6.07) is 17.0. The van der Waals surface area contributed by atoms with E-state index in [4.69, 9.17) is 14.3 Å². The van der Waals surface area contributed by atoms with E-state index in [1.165, 1.54) is 27.5 Å². The van der Waals surface area contributed by atoms with Crippen LogP contribution in [0, 0.1) is 0 Å². The van der Waals surface area contributed by atoms with Gasteiger partial charge in [-0.1, -0.05) is 42.5 Å². The minimum absolute atomic E-state index is 0.360. The van der Waals surface area contributed by atoms with Crippen molar-refractivity contribution in [2.45, 2.75) is 38.9 Å². The first-order chi connectivity index (χ1) is 11.9. The predicted molar refractivity (Wildman–Crippen MR) is 102 cm³/mol. The highest BCUT2D eigenvalue weighted by atomic mass is 16.7. The van der Waals surface area contributed by atoms with Gasteiger partial charge in [0.2, 0.25) is 0 Å². The average molecular weight is 329 g/mol. The highest BCUT2D eigenvalue weighted by Gasteiger charge is 2.52. The average Bonchev–Trinajstić information content (AvgIpc) is 3.01. The molecule has 0 atom stereocenters. The Hall–Kier alpha value is -2.17. The summed E-state index contributed by atoms with van der Waals surface area (Å²) in [5.41, 5.74) is 4.79. The number of aromatic nitrogens is 1. The van der Waals surface area contributed by atoms with Gasteiger partial charge in [0.1, 0.15) is 0 Å². The van der Waals surface area contributed by atoms with E-state index < -0.39 is 7.12 Å². The minimum atomic E-state index is -0.432. The molecule has 25 heavy (non-hydrogen) atoms. The second-order valence-corrected chi connectivity index (χ2v) is 7.93. The van der Waals surface area contributed by atoms with Crippen LogP contribution in [0.3, 0.4) is 0 Å².